The molecule has 27 heavy (non-hydrogen) atoms. The number of thiophene rings is 1. The van der Waals surface area contributed by atoms with Crippen molar-refractivity contribution in [2.45, 2.75) is 26.2 Å². The number of ether oxygens (including phenoxy) is 2. The Hall–Kier alpha value is -2.63. The van der Waals surface area contributed by atoms with Gasteiger partial charge in [-0.15, -0.1) is 11.3 Å². The fraction of sp³-hybridized carbons (Fsp3) is 0.316. The smallest absolute Gasteiger partial charge is 0.257 e. The van der Waals surface area contributed by atoms with Crippen LogP contribution in [-0.2, 0) is 12.8 Å². The van der Waals surface area contributed by atoms with Gasteiger partial charge in [0.2, 0.25) is 6.79 Å². The molecule has 1 aliphatic heterocycles. The van der Waals surface area contributed by atoms with Crippen molar-refractivity contribution >= 4 is 39.6 Å². The van der Waals surface area contributed by atoms with E-state index in [4.69, 9.17) is 21.7 Å². The van der Waals surface area contributed by atoms with E-state index >= 15 is 0 Å². The van der Waals surface area contributed by atoms with Gasteiger partial charge >= 0.3 is 0 Å². The molecule has 2 heterocycles. The molecule has 2 aliphatic rings. The number of rotatable bonds is 2. The second-order valence-electron chi connectivity index (χ2n) is 6.64. The number of carbonyl (C=O) groups is 1. The van der Waals surface area contributed by atoms with E-state index in [2.05, 4.69) is 23.6 Å². The molecular weight excluding hydrogens is 382 g/mol. The first-order valence-corrected chi connectivity index (χ1v) is 9.84. The van der Waals surface area contributed by atoms with Crippen molar-refractivity contribution in [2.24, 2.45) is 5.92 Å². The van der Waals surface area contributed by atoms with Gasteiger partial charge in [-0.05, 0) is 61.2 Å². The molecule has 2 N–H and O–H groups in total. The van der Waals surface area contributed by atoms with Gasteiger partial charge in [-0.3, -0.25) is 10.1 Å². The summed E-state index contributed by atoms with van der Waals surface area (Å²) in [6.07, 6.45) is 2.98. The Morgan fingerprint density at radius 3 is 3.00 bits per heavy atom. The molecule has 1 atom stereocenters. The Morgan fingerprint density at radius 2 is 2.19 bits per heavy atom. The molecule has 8 heteroatoms. The summed E-state index contributed by atoms with van der Waals surface area (Å²) in [6, 6.07) is 7.24. The quantitative estimate of drug-likeness (QED) is 0.751. The van der Waals surface area contributed by atoms with Gasteiger partial charge in [0.15, 0.2) is 16.6 Å². The maximum Gasteiger partial charge on any atom is 0.257 e. The molecule has 1 aromatic carbocycles. The summed E-state index contributed by atoms with van der Waals surface area (Å²) >= 11 is 6.83. The Labute approximate surface area is 166 Å². The van der Waals surface area contributed by atoms with E-state index in [9.17, 15) is 10.1 Å². The van der Waals surface area contributed by atoms with Gasteiger partial charge in [-0.2, -0.15) is 5.26 Å². The zero-order chi connectivity index (χ0) is 19.0. The van der Waals surface area contributed by atoms with Gasteiger partial charge in [0.05, 0.1) is 5.56 Å². The molecular formula is C19H17N3O3S2. The van der Waals surface area contributed by atoms with Crippen molar-refractivity contribution in [2.75, 3.05) is 12.1 Å². The lowest BCUT2D eigenvalue weighted by molar-refractivity contribution is 0.0977. The Bertz CT molecular complexity index is 977. The van der Waals surface area contributed by atoms with Gasteiger partial charge in [0.1, 0.15) is 11.1 Å². The van der Waals surface area contributed by atoms with E-state index in [0.717, 1.165) is 24.8 Å². The summed E-state index contributed by atoms with van der Waals surface area (Å²) in [4.78, 5) is 13.7. The molecule has 0 saturated heterocycles. The van der Waals surface area contributed by atoms with E-state index in [1.807, 2.05) is 0 Å². The maximum absolute atomic E-state index is 12.4. The molecule has 1 amide bonds. The van der Waals surface area contributed by atoms with Crippen LogP contribution >= 0.6 is 23.6 Å². The summed E-state index contributed by atoms with van der Waals surface area (Å²) < 4.78 is 10.5. The van der Waals surface area contributed by atoms with E-state index < -0.39 is 0 Å². The molecule has 1 aliphatic carbocycles. The standard InChI is InChI=1S/C19H17N3O3S2/c1-10-2-4-12-13(8-20)18(27-16(12)6-10)22-19(26)21-17(23)11-3-5-14-15(7-11)25-9-24-14/h3,5,7,10H,2,4,6,9H2,1H3,(H2,21,22,23,26). The highest BCUT2D eigenvalue weighted by molar-refractivity contribution is 7.80. The fourth-order valence-electron chi connectivity index (χ4n) is 3.30. The predicted octanol–water partition coefficient (Wildman–Crippen LogP) is 3.60. The minimum Gasteiger partial charge on any atom is -0.454 e. The van der Waals surface area contributed by atoms with Gasteiger partial charge < -0.3 is 14.8 Å². The first kappa shape index (κ1) is 17.8. The van der Waals surface area contributed by atoms with E-state index in [1.54, 1.807) is 29.5 Å². The first-order valence-electron chi connectivity index (χ1n) is 8.61. The number of hydrogen-bond donors (Lipinski definition) is 2. The third-order valence-electron chi connectivity index (χ3n) is 4.71. The number of thiocarbonyl (C=S) groups is 1. The van der Waals surface area contributed by atoms with Crippen LogP contribution in [0.15, 0.2) is 18.2 Å². The molecule has 1 unspecified atom stereocenters. The highest BCUT2D eigenvalue weighted by atomic mass is 32.1. The first-order chi connectivity index (χ1) is 13.0. The average molecular weight is 399 g/mol. The zero-order valence-electron chi connectivity index (χ0n) is 14.6. The number of nitrogens with zero attached hydrogens (tertiary/aromatic N) is 1. The number of benzene rings is 1. The zero-order valence-corrected chi connectivity index (χ0v) is 16.3. The van der Waals surface area contributed by atoms with Crippen LogP contribution in [0.5, 0.6) is 11.5 Å². The maximum atomic E-state index is 12.4. The van der Waals surface area contributed by atoms with Crippen LogP contribution in [0.1, 0.15) is 39.7 Å². The van der Waals surface area contributed by atoms with Crippen LogP contribution < -0.4 is 20.1 Å². The molecule has 0 spiro atoms. The summed E-state index contributed by atoms with van der Waals surface area (Å²) in [5.41, 5.74) is 2.18. The molecule has 4 rings (SSSR count). The normalized spacial score (nSPS) is 17.0. The molecule has 2 aromatic rings. The van der Waals surface area contributed by atoms with Crippen LogP contribution in [0.25, 0.3) is 0 Å². The number of nitrogens with one attached hydrogen (secondary N) is 2. The number of fused-ring (bicyclic) bond motifs is 2. The van der Waals surface area contributed by atoms with Crippen LogP contribution in [0.2, 0.25) is 0 Å². The van der Waals surface area contributed by atoms with Crippen molar-refractivity contribution in [1.29, 1.82) is 5.26 Å². The van der Waals surface area contributed by atoms with E-state index in [-0.39, 0.29) is 17.8 Å². The number of hydrogen-bond acceptors (Lipinski definition) is 6. The topological polar surface area (TPSA) is 83.4 Å². The molecule has 138 valence electrons. The van der Waals surface area contributed by atoms with E-state index in [0.29, 0.717) is 33.5 Å². The minimum atomic E-state index is -0.348. The molecule has 1 aromatic heterocycles. The van der Waals surface area contributed by atoms with Gasteiger partial charge in [-0.1, -0.05) is 6.92 Å². The van der Waals surface area contributed by atoms with Gasteiger partial charge in [0, 0.05) is 10.4 Å². The van der Waals surface area contributed by atoms with Gasteiger partial charge in [0.25, 0.3) is 5.91 Å². The molecule has 0 fully saturated rings. The predicted molar refractivity (Wildman–Crippen MR) is 106 cm³/mol. The third kappa shape index (κ3) is 3.48. The number of carbonyl (C=O) groups excluding carboxylic acids is 1. The number of anilines is 1. The Kier molecular flexibility index (Phi) is 4.72. The lowest BCUT2D eigenvalue weighted by atomic mass is 9.89. The minimum absolute atomic E-state index is 0.152. The summed E-state index contributed by atoms with van der Waals surface area (Å²) in [6.45, 7) is 2.37. The average Bonchev–Trinajstić information content (AvgIpc) is 3.23. The molecule has 6 nitrogen and oxygen atoms in total. The number of nitriles is 1. The largest absolute Gasteiger partial charge is 0.454 e. The number of amides is 1. The third-order valence-corrected chi connectivity index (χ3v) is 6.09. The highest BCUT2D eigenvalue weighted by Crippen LogP contribution is 2.39. The Morgan fingerprint density at radius 1 is 1.37 bits per heavy atom. The lowest BCUT2D eigenvalue weighted by Gasteiger charge is -2.17. The van der Waals surface area contributed by atoms with Gasteiger partial charge in [-0.25, -0.2) is 0 Å². The SMILES string of the molecule is CC1CCc2c(sc(NC(=S)NC(=O)c3ccc4c(c3)OCO4)c2C#N)C1. The van der Waals surface area contributed by atoms with Crippen LogP contribution in [0, 0.1) is 17.2 Å². The second kappa shape index (κ2) is 7.18. The Balaban J connectivity index is 1.47. The summed E-state index contributed by atoms with van der Waals surface area (Å²) in [7, 11) is 0. The van der Waals surface area contributed by atoms with Crippen LogP contribution in [0.3, 0.4) is 0 Å². The fourth-order valence-corrected chi connectivity index (χ4v) is 4.93. The van der Waals surface area contributed by atoms with Crippen molar-refractivity contribution < 1.29 is 14.3 Å². The summed E-state index contributed by atoms with van der Waals surface area (Å²) in [5, 5.41) is 16.1. The monoisotopic (exact) mass is 399 g/mol. The summed E-state index contributed by atoms with van der Waals surface area (Å²) in [5.74, 6) is 1.42. The van der Waals surface area contributed by atoms with E-state index in [1.165, 1.54) is 4.88 Å². The lowest BCUT2D eigenvalue weighted by Crippen LogP contribution is -2.34. The molecule has 0 bridgehead atoms. The molecule has 0 saturated carbocycles. The van der Waals surface area contributed by atoms with Crippen molar-refractivity contribution in [3.8, 4) is 17.6 Å². The van der Waals surface area contributed by atoms with Crippen molar-refractivity contribution in [1.82, 2.24) is 5.32 Å². The van der Waals surface area contributed by atoms with Crippen LogP contribution in [-0.4, -0.2) is 17.8 Å². The molecule has 0 radical (unpaired) electrons. The highest BCUT2D eigenvalue weighted by Gasteiger charge is 2.24. The second-order valence-corrected chi connectivity index (χ2v) is 8.16. The van der Waals surface area contributed by atoms with Crippen LogP contribution in [0.4, 0.5) is 5.00 Å². The van der Waals surface area contributed by atoms with Crippen molar-refractivity contribution in [3.05, 3.63) is 39.8 Å². The van der Waals surface area contributed by atoms with Crippen molar-refractivity contribution in [3.63, 3.8) is 0 Å².